The van der Waals surface area contributed by atoms with Crippen molar-refractivity contribution >= 4 is 30.1 Å². The van der Waals surface area contributed by atoms with Crippen LogP contribution in [0.5, 0.6) is 0 Å². The summed E-state index contributed by atoms with van der Waals surface area (Å²) in [6.07, 6.45) is 10.8. The third-order valence-corrected chi connectivity index (χ3v) is 3.62. The fourth-order valence-corrected chi connectivity index (χ4v) is 1.70. The third-order valence-electron chi connectivity index (χ3n) is 3.62. The van der Waals surface area contributed by atoms with Gasteiger partial charge in [0, 0.05) is 18.2 Å². The molecule has 0 radical (unpaired) electrons. The van der Waals surface area contributed by atoms with Crippen LogP contribution >= 0.6 is 0 Å². The topological polar surface area (TPSA) is 158 Å². The smallest absolute Gasteiger partial charge is 0.330 e. The number of hydrogen-bond donors (Lipinski definition) is 1. The van der Waals surface area contributed by atoms with Gasteiger partial charge in [0.25, 0.3) is 0 Å². The highest BCUT2D eigenvalue weighted by Gasteiger charge is 2.35. The number of nitrogens with zero attached hydrogens (tertiary/aromatic N) is 2. The van der Waals surface area contributed by atoms with Crippen molar-refractivity contribution in [3.05, 3.63) is 38.0 Å². The highest BCUT2D eigenvalue weighted by Crippen LogP contribution is 2.19. The van der Waals surface area contributed by atoms with E-state index >= 15 is 0 Å². The summed E-state index contributed by atoms with van der Waals surface area (Å²) in [6, 6.07) is 0. The Morgan fingerprint density at radius 2 is 1.12 bits per heavy atom. The summed E-state index contributed by atoms with van der Waals surface area (Å²) >= 11 is 0. The van der Waals surface area contributed by atoms with Gasteiger partial charge in [-0.3, -0.25) is 0 Å². The summed E-state index contributed by atoms with van der Waals surface area (Å²) in [7, 11) is 0. The maximum atomic E-state index is 11.1. The van der Waals surface area contributed by atoms with E-state index in [1.807, 2.05) is 0 Å². The second-order valence-corrected chi connectivity index (χ2v) is 6.44. The Morgan fingerprint density at radius 3 is 1.32 bits per heavy atom. The zero-order valence-electron chi connectivity index (χ0n) is 19.8. The van der Waals surface area contributed by atoms with Crippen LogP contribution in [0.25, 0.3) is 0 Å². The van der Waals surface area contributed by atoms with Gasteiger partial charge < -0.3 is 19.3 Å². The Balaban J connectivity index is -0.000000601. The molecule has 0 aromatic heterocycles. The fourth-order valence-electron chi connectivity index (χ4n) is 1.70. The minimum absolute atomic E-state index is 0.160. The van der Waals surface area contributed by atoms with Crippen LogP contribution in [0, 0.1) is 5.41 Å². The van der Waals surface area contributed by atoms with Crippen molar-refractivity contribution in [2.75, 3.05) is 33.1 Å². The van der Waals surface area contributed by atoms with Gasteiger partial charge in [0.2, 0.25) is 12.2 Å². The number of hydrogen-bond acceptors (Lipinski definition) is 11. The minimum Gasteiger partial charge on any atom is -0.462 e. The number of rotatable bonds is 15. The number of unbranched alkanes of at least 4 members (excludes halogenated alkanes) is 3. The van der Waals surface area contributed by atoms with Crippen LogP contribution in [0.4, 0.5) is 0 Å². The molecule has 0 rings (SSSR count). The van der Waals surface area contributed by atoms with Gasteiger partial charge in [-0.1, -0.05) is 59.3 Å². The number of aliphatic hydroxyl groups excluding tert-OH is 1. The summed E-state index contributed by atoms with van der Waals surface area (Å²) in [5, 5.41) is 9.48. The molecule has 0 heterocycles. The van der Waals surface area contributed by atoms with Crippen molar-refractivity contribution in [2.24, 2.45) is 15.4 Å². The van der Waals surface area contributed by atoms with E-state index in [9.17, 15) is 29.1 Å². The van der Waals surface area contributed by atoms with E-state index in [-0.39, 0.29) is 26.5 Å². The molecule has 1 N–H and O–H groups in total. The summed E-state index contributed by atoms with van der Waals surface area (Å²) in [6.45, 7) is 12.4. The number of isocyanates is 2. The van der Waals surface area contributed by atoms with E-state index in [0.717, 1.165) is 18.2 Å². The van der Waals surface area contributed by atoms with Crippen molar-refractivity contribution in [2.45, 2.75) is 39.5 Å². The molecule has 0 saturated heterocycles. The Morgan fingerprint density at radius 1 is 0.794 bits per heavy atom. The average molecular weight is 483 g/mol. The molecule has 190 valence electrons. The van der Waals surface area contributed by atoms with E-state index in [4.69, 9.17) is 14.2 Å². The maximum Gasteiger partial charge on any atom is 0.330 e. The summed E-state index contributed by atoms with van der Waals surface area (Å²) in [4.78, 5) is 57.5. The Bertz CT molecular complexity index is 642. The lowest BCUT2D eigenvalue weighted by Crippen LogP contribution is -2.42. The zero-order valence-corrected chi connectivity index (χ0v) is 19.8. The Kier molecular flexibility index (Phi) is 26.3. The second kappa shape index (κ2) is 25.6. The van der Waals surface area contributed by atoms with Crippen molar-refractivity contribution in [3.63, 3.8) is 0 Å². The number of aliphatic hydroxyl groups is 1. The average Bonchev–Trinajstić information content (AvgIpc) is 2.87. The number of aliphatic imine (C=N–C) groups is 2. The lowest BCUT2D eigenvalue weighted by Gasteiger charge is -2.29. The van der Waals surface area contributed by atoms with Crippen LogP contribution in [-0.4, -0.2) is 68.3 Å². The maximum absolute atomic E-state index is 11.1. The molecule has 0 aromatic carbocycles. The molecule has 0 bridgehead atoms. The number of carbonyl (C=O) groups is 3. The minimum atomic E-state index is -1.28. The molecule has 11 nitrogen and oxygen atoms in total. The monoisotopic (exact) mass is 482 g/mol. The van der Waals surface area contributed by atoms with Crippen LogP contribution in [0.3, 0.4) is 0 Å². The standard InChI is InChI=1S/C14H18O7.C6H14.C3H2N2O2/c1-4-11(16)19-8-14(7-15,9-20-12(17)5-2)10-21-13(18)6-3;1-3-5-6-4-2;6-2-4-1-5-3-7/h4-6,15H,1-3,7-10H2;3-6H2,1-2H3;1H2. The van der Waals surface area contributed by atoms with Gasteiger partial charge >= 0.3 is 17.9 Å². The molecular weight excluding hydrogens is 448 g/mol. The molecule has 0 amide bonds. The molecule has 0 atom stereocenters. The molecule has 11 heteroatoms. The van der Waals surface area contributed by atoms with Crippen LogP contribution < -0.4 is 0 Å². The quantitative estimate of drug-likeness (QED) is 0.0923. The SMILES string of the molecule is C=CC(=O)OCC(CO)(COC(=O)C=C)COC(=O)C=C.CCCCCC.O=C=NCN=C=O. The van der Waals surface area contributed by atoms with Gasteiger partial charge in [0.05, 0.1) is 12.0 Å². The first-order valence-electron chi connectivity index (χ1n) is 10.3. The molecule has 0 spiro atoms. The van der Waals surface area contributed by atoms with E-state index < -0.39 is 29.9 Å². The lowest BCUT2D eigenvalue weighted by molar-refractivity contribution is -0.159. The number of ether oxygens (including phenoxy) is 3. The molecule has 0 aliphatic carbocycles. The zero-order chi connectivity index (χ0) is 26.7. The highest BCUT2D eigenvalue weighted by atomic mass is 16.6. The predicted octanol–water partition coefficient (Wildman–Crippen LogP) is 2.35. The van der Waals surface area contributed by atoms with Gasteiger partial charge in [-0.2, -0.15) is 9.98 Å². The molecule has 0 aliphatic rings. The van der Waals surface area contributed by atoms with Crippen LogP contribution in [0.2, 0.25) is 0 Å². The van der Waals surface area contributed by atoms with E-state index in [1.165, 1.54) is 37.8 Å². The van der Waals surface area contributed by atoms with Gasteiger partial charge in [0.1, 0.15) is 19.8 Å². The van der Waals surface area contributed by atoms with Gasteiger partial charge in [-0.25, -0.2) is 24.0 Å². The first-order valence-corrected chi connectivity index (χ1v) is 10.3. The lowest BCUT2D eigenvalue weighted by atomic mass is 9.92. The van der Waals surface area contributed by atoms with Crippen molar-refractivity contribution < 1.29 is 43.3 Å². The first-order chi connectivity index (χ1) is 16.3. The van der Waals surface area contributed by atoms with Crippen LogP contribution in [0.1, 0.15) is 39.5 Å². The van der Waals surface area contributed by atoms with Gasteiger partial charge in [-0.15, -0.1) is 0 Å². The van der Waals surface area contributed by atoms with E-state index in [2.05, 4.69) is 43.6 Å². The molecule has 0 unspecified atom stereocenters. The molecular formula is C23H34N2O9. The second-order valence-electron chi connectivity index (χ2n) is 6.44. The molecule has 0 fully saturated rings. The van der Waals surface area contributed by atoms with Gasteiger partial charge in [-0.05, 0) is 0 Å². The van der Waals surface area contributed by atoms with E-state index in [1.54, 1.807) is 0 Å². The van der Waals surface area contributed by atoms with Crippen molar-refractivity contribution in [1.82, 2.24) is 0 Å². The Labute approximate surface area is 199 Å². The molecule has 34 heavy (non-hydrogen) atoms. The molecule has 0 saturated carbocycles. The first kappa shape index (κ1) is 35.0. The van der Waals surface area contributed by atoms with Crippen LogP contribution in [-0.2, 0) is 38.2 Å². The third kappa shape index (κ3) is 23.0. The number of carbonyl (C=O) groups excluding carboxylic acids is 5. The van der Waals surface area contributed by atoms with Crippen molar-refractivity contribution in [3.8, 4) is 0 Å². The summed E-state index contributed by atoms with van der Waals surface area (Å²) in [5.74, 6) is -2.17. The normalized spacial score (nSPS) is 9.03. The Hall–Kier alpha value is -3.65. The van der Waals surface area contributed by atoms with Gasteiger partial charge in [0.15, 0.2) is 6.67 Å². The summed E-state index contributed by atoms with van der Waals surface area (Å²) < 4.78 is 14.5. The fraction of sp³-hybridized carbons (Fsp3) is 0.522. The molecule has 0 aromatic rings. The van der Waals surface area contributed by atoms with E-state index in [0.29, 0.717) is 0 Å². The number of esters is 3. The summed E-state index contributed by atoms with van der Waals surface area (Å²) in [5.41, 5.74) is -1.28. The molecule has 0 aliphatic heterocycles. The predicted molar refractivity (Wildman–Crippen MR) is 124 cm³/mol. The highest BCUT2D eigenvalue weighted by molar-refractivity contribution is 5.82. The van der Waals surface area contributed by atoms with Crippen LogP contribution in [0.15, 0.2) is 47.9 Å². The largest absolute Gasteiger partial charge is 0.462 e. The van der Waals surface area contributed by atoms with Crippen molar-refractivity contribution in [1.29, 1.82) is 0 Å².